The maximum atomic E-state index is 12.5. The molecule has 0 aliphatic carbocycles. The van der Waals surface area contributed by atoms with Crippen molar-refractivity contribution in [1.29, 1.82) is 0 Å². The first kappa shape index (κ1) is 18.0. The molecular weight excluding hydrogens is 308 g/mol. The zero-order chi connectivity index (χ0) is 17.6. The molecule has 0 aromatic carbocycles. The van der Waals surface area contributed by atoms with Gasteiger partial charge in [0, 0.05) is 25.0 Å². The summed E-state index contributed by atoms with van der Waals surface area (Å²) in [5, 5.41) is 21.9. The summed E-state index contributed by atoms with van der Waals surface area (Å²) in [6.45, 7) is 9.15. The number of hydrogen-bond acceptors (Lipinski definition) is 5. The molecule has 0 spiro atoms. The van der Waals surface area contributed by atoms with Crippen molar-refractivity contribution in [2.45, 2.75) is 57.7 Å². The number of likely N-dealkylation sites (tertiary alicyclic amines) is 1. The minimum absolute atomic E-state index is 0.0901. The molecule has 2 atom stereocenters. The number of rotatable bonds is 2. The lowest BCUT2D eigenvalue weighted by Gasteiger charge is -2.60. The van der Waals surface area contributed by atoms with Gasteiger partial charge in [-0.25, -0.2) is 4.79 Å². The lowest BCUT2D eigenvalue weighted by molar-refractivity contribution is -0.213. The smallest absolute Gasteiger partial charge is 0.410 e. The Hall–Kier alpha value is -0.850. The third-order valence-corrected chi connectivity index (χ3v) is 6.18. The number of carbonyl (C=O) groups is 1. The van der Waals surface area contributed by atoms with Crippen LogP contribution in [-0.4, -0.2) is 76.6 Å². The summed E-state index contributed by atoms with van der Waals surface area (Å²) in [5.74, 6) is 0.216. The lowest BCUT2D eigenvalue weighted by Crippen LogP contribution is -2.71. The average Bonchev–Trinajstić information content (AvgIpc) is 2.54. The maximum absolute atomic E-state index is 12.5. The summed E-state index contributed by atoms with van der Waals surface area (Å²) >= 11 is 0. The van der Waals surface area contributed by atoms with Crippen LogP contribution < -0.4 is 0 Å². The van der Waals surface area contributed by atoms with Crippen LogP contribution in [0, 0.1) is 11.3 Å². The van der Waals surface area contributed by atoms with Gasteiger partial charge in [0.05, 0.1) is 12.2 Å². The van der Waals surface area contributed by atoms with Gasteiger partial charge < -0.3 is 24.7 Å². The van der Waals surface area contributed by atoms with Crippen LogP contribution in [0.5, 0.6) is 0 Å². The Kier molecular flexibility index (Phi) is 4.60. The second-order valence-corrected chi connectivity index (χ2v) is 8.92. The molecule has 0 aromatic rings. The van der Waals surface area contributed by atoms with Crippen molar-refractivity contribution in [2.75, 3.05) is 39.3 Å². The molecule has 4 aliphatic heterocycles. The highest BCUT2D eigenvalue weighted by Crippen LogP contribution is 2.50. The number of aliphatic hydroxyl groups excluding tert-OH is 1. The first-order valence-electron chi connectivity index (χ1n) is 9.23. The Morgan fingerprint density at radius 3 is 2.38 bits per heavy atom. The Morgan fingerprint density at radius 2 is 1.88 bits per heavy atom. The van der Waals surface area contributed by atoms with Crippen LogP contribution >= 0.6 is 0 Å². The van der Waals surface area contributed by atoms with Gasteiger partial charge in [0.2, 0.25) is 0 Å². The SMILES string of the molecule is CC(C)(C)OC(=O)N1CCCC(CO)(C2(O)CN3CCC2CC3)C1. The summed E-state index contributed by atoms with van der Waals surface area (Å²) < 4.78 is 5.51. The van der Waals surface area contributed by atoms with Gasteiger partial charge in [0.1, 0.15) is 5.60 Å². The maximum Gasteiger partial charge on any atom is 0.410 e. The zero-order valence-corrected chi connectivity index (χ0v) is 15.3. The van der Waals surface area contributed by atoms with Gasteiger partial charge in [-0.05, 0) is 65.5 Å². The minimum Gasteiger partial charge on any atom is -0.444 e. The normalized spacial score (nSPS) is 39.8. The molecule has 138 valence electrons. The predicted molar refractivity (Wildman–Crippen MR) is 90.7 cm³/mol. The van der Waals surface area contributed by atoms with Gasteiger partial charge in [-0.2, -0.15) is 0 Å². The molecule has 6 nitrogen and oxygen atoms in total. The Morgan fingerprint density at radius 1 is 1.21 bits per heavy atom. The number of piperidine rings is 4. The molecule has 2 unspecified atom stereocenters. The molecule has 4 fully saturated rings. The highest BCUT2D eigenvalue weighted by Gasteiger charge is 2.59. The zero-order valence-electron chi connectivity index (χ0n) is 15.3. The van der Waals surface area contributed by atoms with Gasteiger partial charge in [-0.15, -0.1) is 0 Å². The Balaban J connectivity index is 1.80. The van der Waals surface area contributed by atoms with Gasteiger partial charge in [-0.1, -0.05) is 0 Å². The number of amides is 1. The summed E-state index contributed by atoms with van der Waals surface area (Å²) in [5.41, 5.74) is -2.10. The van der Waals surface area contributed by atoms with E-state index in [4.69, 9.17) is 4.74 Å². The first-order chi connectivity index (χ1) is 11.2. The van der Waals surface area contributed by atoms with E-state index in [0.717, 1.165) is 38.8 Å². The summed E-state index contributed by atoms with van der Waals surface area (Å²) in [6, 6.07) is 0. The molecule has 1 amide bonds. The molecule has 0 aromatic heterocycles. The standard InChI is InChI=1S/C18H32N2O4/c1-16(2,3)24-15(22)20-8-4-7-17(11-20,13-21)18(23)12-19-9-5-14(18)6-10-19/h14,21,23H,4-13H2,1-3H3. The van der Waals surface area contributed by atoms with E-state index >= 15 is 0 Å². The van der Waals surface area contributed by atoms with Gasteiger partial charge in [0.25, 0.3) is 0 Å². The highest BCUT2D eigenvalue weighted by atomic mass is 16.6. The van der Waals surface area contributed by atoms with E-state index in [-0.39, 0.29) is 18.6 Å². The molecule has 24 heavy (non-hydrogen) atoms. The molecule has 4 rings (SSSR count). The third kappa shape index (κ3) is 3.04. The average molecular weight is 340 g/mol. The van der Waals surface area contributed by atoms with Crippen LogP contribution in [0.1, 0.15) is 46.5 Å². The number of hydrogen-bond donors (Lipinski definition) is 2. The Bertz CT molecular complexity index is 484. The van der Waals surface area contributed by atoms with Crippen LogP contribution in [0.4, 0.5) is 4.79 Å². The van der Waals surface area contributed by atoms with Crippen molar-refractivity contribution in [1.82, 2.24) is 9.80 Å². The van der Waals surface area contributed by atoms with Gasteiger partial charge >= 0.3 is 6.09 Å². The summed E-state index contributed by atoms with van der Waals surface area (Å²) in [6.07, 6.45) is 3.15. The molecular formula is C18H32N2O4. The number of aliphatic hydroxyl groups is 2. The molecule has 2 bridgehead atoms. The molecule has 4 heterocycles. The number of nitrogens with zero attached hydrogens (tertiary/aromatic N) is 2. The molecule has 6 heteroatoms. The molecule has 2 N–H and O–H groups in total. The third-order valence-electron chi connectivity index (χ3n) is 6.18. The van der Waals surface area contributed by atoms with Crippen molar-refractivity contribution < 1.29 is 19.7 Å². The van der Waals surface area contributed by atoms with E-state index in [0.29, 0.717) is 19.6 Å². The van der Waals surface area contributed by atoms with Crippen molar-refractivity contribution >= 4 is 6.09 Å². The van der Waals surface area contributed by atoms with E-state index in [2.05, 4.69) is 4.90 Å². The number of ether oxygens (including phenoxy) is 1. The van der Waals surface area contributed by atoms with Crippen molar-refractivity contribution in [3.8, 4) is 0 Å². The quantitative estimate of drug-likeness (QED) is 0.796. The van der Waals surface area contributed by atoms with Crippen LogP contribution in [-0.2, 0) is 4.74 Å². The monoisotopic (exact) mass is 340 g/mol. The largest absolute Gasteiger partial charge is 0.444 e. The van der Waals surface area contributed by atoms with Crippen LogP contribution in [0.3, 0.4) is 0 Å². The van der Waals surface area contributed by atoms with Crippen molar-refractivity contribution in [3.05, 3.63) is 0 Å². The van der Waals surface area contributed by atoms with Crippen LogP contribution in [0.25, 0.3) is 0 Å². The van der Waals surface area contributed by atoms with E-state index < -0.39 is 16.6 Å². The van der Waals surface area contributed by atoms with Crippen LogP contribution in [0.15, 0.2) is 0 Å². The van der Waals surface area contributed by atoms with E-state index in [1.54, 1.807) is 4.90 Å². The fourth-order valence-electron chi connectivity index (χ4n) is 4.87. The van der Waals surface area contributed by atoms with Crippen LogP contribution in [0.2, 0.25) is 0 Å². The molecule has 0 radical (unpaired) electrons. The fourth-order valence-corrected chi connectivity index (χ4v) is 4.87. The van der Waals surface area contributed by atoms with Crippen molar-refractivity contribution in [3.63, 3.8) is 0 Å². The fraction of sp³-hybridized carbons (Fsp3) is 0.944. The number of fused-ring (bicyclic) bond motifs is 3. The predicted octanol–water partition coefficient (Wildman–Crippen LogP) is 1.45. The molecule has 4 saturated heterocycles. The second kappa shape index (κ2) is 6.15. The molecule has 0 saturated carbocycles. The summed E-state index contributed by atoms with van der Waals surface area (Å²) in [7, 11) is 0. The highest BCUT2D eigenvalue weighted by molar-refractivity contribution is 5.68. The van der Waals surface area contributed by atoms with E-state index in [9.17, 15) is 15.0 Å². The first-order valence-corrected chi connectivity index (χ1v) is 9.23. The van der Waals surface area contributed by atoms with E-state index in [1.165, 1.54) is 0 Å². The Labute approximate surface area is 144 Å². The van der Waals surface area contributed by atoms with Gasteiger partial charge in [0.15, 0.2) is 0 Å². The summed E-state index contributed by atoms with van der Waals surface area (Å²) in [4.78, 5) is 16.5. The van der Waals surface area contributed by atoms with Crippen molar-refractivity contribution in [2.24, 2.45) is 11.3 Å². The number of carbonyl (C=O) groups excluding carboxylic acids is 1. The topological polar surface area (TPSA) is 73.2 Å². The van der Waals surface area contributed by atoms with Gasteiger partial charge in [-0.3, -0.25) is 0 Å². The second-order valence-electron chi connectivity index (χ2n) is 8.92. The molecule has 4 aliphatic rings. The van der Waals surface area contributed by atoms with E-state index in [1.807, 2.05) is 20.8 Å². The lowest BCUT2D eigenvalue weighted by atomic mass is 9.58. The minimum atomic E-state index is -0.918.